The molecule has 1 radical (unpaired) electrons. The Morgan fingerprint density at radius 1 is 0.652 bits per heavy atom. The van der Waals surface area contributed by atoms with Crippen LogP contribution in [0.3, 0.4) is 0 Å². The Morgan fingerprint density at radius 2 is 1.17 bits per heavy atom. The molecule has 0 aliphatic carbocycles. The lowest BCUT2D eigenvalue weighted by Crippen LogP contribution is -2.10. The smallest absolute Gasteiger partial charge is 0.166 e. The van der Waals surface area contributed by atoms with Gasteiger partial charge >= 0.3 is 6.18 Å². The van der Waals surface area contributed by atoms with E-state index in [1.807, 2.05) is 30.3 Å². The monoisotopic (exact) mass is 311 g/mol. The van der Waals surface area contributed by atoms with Gasteiger partial charge in [-0.3, -0.25) is 0 Å². The molecule has 3 heteroatoms. The van der Waals surface area contributed by atoms with Gasteiger partial charge in [-0.25, -0.2) is 0 Å². The zero-order chi connectivity index (χ0) is 16.4. The maximum atomic E-state index is 13.7. The predicted molar refractivity (Wildman–Crippen MR) is 86.8 cm³/mol. The van der Waals surface area contributed by atoms with Crippen molar-refractivity contribution in [1.82, 2.24) is 0 Å². The molecule has 0 aliphatic rings. The zero-order valence-corrected chi connectivity index (χ0v) is 12.3. The Labute approximate surface area is 133 Å². The molecule has 0 N–H and O–H groups in total. The second-order valence-corrected chi connectivity index (χ2v) is 5.25. The second-order valence-electron chi connectivity index (χ2n) is 5.25. The van der Waals surface area contributed by atoms with E-state index in [9.17, 15) is 13.2 Å². The predicted octanol–water partition coefficient (Wildman–Crippen LogP) is 6.22. The average Bonchev–Trinajstić information content (AvgIpc) is 2.55. The van der Waals surface area contributed by atoms with Gasteiger partial charge in [-0.1, -0.05) is 72.8 Å². The number of rotatable bonds is 2. The third-order valence-corrected chi connectivity index (χ3v) is 3.72. The van der Waals surface area contributed by atoms with Crippen LogP contribution in [-0.4, -0.2) is 0 Å². The van der Waals surface area contributed by atoms with Gasteiger partial charge in [0.05, 0.1) is 5.56 Å². The fourth-order valence-electron chi connectivity index (χ4n) is 2.73. The van der Waals surface area contributed by atoms with Crippen LogP contribution >= 0.6 is 0 Å². The molecule has 0 nitrogen and oxygen atoms in total. The van der Waals surface area contributed by atoms with Crippen LogP contribution in [0.15, 0.2) is 72.8 Å². The molecule has 0 unspecified atom stereocenters. The van der Waals surface area contributed by atoms with Gasteiger partial charge in [0.15, 0.2) is 0 Å². The number of benzene rings is 3. The fourth-order valence-corrected chi connectivity index (χ4v) is 2.73. The lowest BCUT2D eigenvalue weighted by atomic mass is 9.88. The largest absolute Gasteiger partial charge is 0.417 e. The van der Waals surface area contributed by atoms with E-state index in [0.29, 0.717) is 11.1 Å². The van der Waals surface area contributed by atoms with Crippen molar-refractivity contribution in [2.24, 2.45) is 0 Å². The molecule has 0 amide bonds. The number of alkyl halides is 3. The van der Waals surface area contributed by atoms with E-state index < -0.39 is 11.7 Å². The lowest BCUT2D eigenvalue weighted by Gasteiger charge is -2.20. The second kappa shape index (κ2) is 5.92. The van der Waals surface area contributed by atoms with Crippen LogP contribution in [-0.2, 0) is 6.18 Å². The van der Waals surface area contributed by atoms with Gasteiger partial charge in [0.1, 0.15) is 0 Å². The van der Waals surface area contributed by atoms with Crippen molar-refractivity contribution in [2.45, 2.75) is 6.18 Å². The Balaban J connectivity index is 2.38. The molecule has 0 spiro atoms. The first kappa shape index (κ1) is 15.3. The van der Waals surface area contributed by atoms with Crippen molar-refractivity contribution in [2.75, 3.05) is 0 Å². The van der Waals surface area contributed by atoms with Gasteiger partial charge in [-0.15, -0.1) is 0 Å². The van der Waals surface area contributed by atoms with Crippen molar-refractivity contribution < 1.29 is 13.2 Å². The Bertz CT molecular complexity index is 804. The Hall–Kier alpha value is -2.55. The SMILES string of the molecule is [CH2]c1ccc(-c2ccccc2)c(-c2ccccc2)c1C(F)(F)F. The van der Waals surface area contributed by atoms with Crippen molar-refractivity contribution in [3.63, 3.8) is 0 Å². The molecule has 23 heavy (non-hydrogen) atoms. The van der Waals surface area contributed by atoms with Crippen molar-refractivity contribution >= 4 is 0 Å². The minimum atomic E-state index is -4.47. The number of halogens is 3. The molecule has 0 bridgehead atoms. The summed E-state index contributed by atoms with van der Waals surface area (Å²) in [6.45, 7) is 3.59. The van der Waals surface area contributed by atoms with Gasteiger partial charge in [0.2, 0.25) is 0 Å². The zero-order valence-electron chi connectivity index (χ0n) is 12.3. The van der Waals surface area contributed by atoms with E-state index in [0.717, 1.165) is 5.56 Å². The van der Waals surface area contributed by atoms with Crippen LogP contribution in [0.5, 0.6) is 0 Å². The molecule has 0 saturated carbocycles. The summed E-state index contributed by atoms with van der Waals surface area (Å²) in [5.74, 6) is 0. The lowest BCUT2D eigenvalue weighted by molar-refractivity contribution is -0.137. The number of hydrogen-bond acceptors (Lipinski definition) is 0. The average molecular weight is 311 g/mol. The highest BCUT2D eigenvalue weighted by molar-refractivity contribution is 5.87. The summed E-state index contributed by atoms with van der Waals surface area (Å²) in [6.07, 6.45) is -4.47. The van der Waals surface area contributed by atoms with E-state index in [1.165, 1.54) is 6.07 Å². The molecular formula is C20H14F3. The van der Waals surface area contributed by atoms with Crippen LogP contribution in [0.1, 0.15) is 11.1 Å². The van der Waals surface area contributed by atoms with Crippen molar-refractivity contribution in [3.05, 3.63) is 90.8 Å². The Kier molecular flexibility index (Phi) is 3.95. The molecule has 0 atom stereocenters. The molecule has 3 aromatic carbocycles. The summed E-state index contributed by atoms with van der Waals surface area (Å²) >= 11 is 0. The third kappa shape index (κ3) is 3.00. The van der Waals surface area contributed by atoms with Crippen LogP contribution in [0.4, 0.5) is 13.2 Å². The number of hydrogen-bond donors (Lipinski definition) is 0. The van der Waals surface area contributed by atoms with Crippen LogP contribution in [0, 0.1) is 6.92 Å². The summed E-state index contributed by atoms with van der Waals surface area (Å²) in [4.78, 5) is 0. The molecule has 3 aromatic rings. The van der Waals surface area contributed by atoms with Crippen molar-refractivity contribution in [3.8, 4) is 22.3 Å². The first-order chi connectivity index (χ1) is 11.0. The van der Waals surface area contributed by atoms with Crippen LogP contribution in [0.2, 0.25) is 0 Å². The van der Waals surface area contributed by atoms with Crippen molar-refractivity contribution in [1.29, 1.82) is 0 Å². The van der Waals surface area contributed by atoms with Gasteiger partial charge in [0, 0.05) is 5.56 Å². The summed E-state index contributed by atoms with van der Waals surface area (Å²) in [5.41, 5.74) is 1.32. The molecule has 0 heterocycles. The summed E-state index contributed by atoms with van der Waals surface area (Å²) in [7, 11) is 0. The topological polar surface area (TPSA) is 0 Å². The normalized spacial score (nSPS) is 11.5. The minimum Gasteiger partial charge on any atom is -0.166 e. The van der Waals surface area contributed by atoms with Gasteiger partial charge in [-0.2, -0.15) is 13.2 Å². The fraction of sp³-hybridized carbons (Fsp3) is 0.0500. The first-order valence-corrected chi connectivity index (χ1v) is 7.15. The molecule has 0 fully saturated rings. The first-order valence-electron chi connectivity index (χ1n) is 7.15. The standard InChI is InChI=1S/C20H14F3/c1-14-12-13-17(15-8-4-2-5-9-15)18(19(14)20(21,22)23)16-10-6-3-7-11-16/h2-13H,1H2. The van der Waals surface area contributed by atoms with Gasteiger partial charge in [-0.05, 0) is 29.2 Å². The molecule has 0 aromatic heterocycles. The van der Waals surface area contributed by atoms with Gasteiger partial charge < -0.3 is 0 Å². The van der Waals surface area contributed by atoms with Crippen LogP contribution < -0.4 is 0 Å². The van der Waals surface area contributed by atoms with E-state index >= 15 is 0 Å². The van der Waals surface area contributed by atoms with Gasteiger partial charge in [0.25, 0.3) is 0 Å². The molecule has 0 saturated heterocycles. The summed E-state index contributed by atoms with van der Waals surface area (Å²) in [6, 6.07) is 20.9. The third-order valence-electron chi connectivity index (χ3n) is 3.72. The molecular weight excluding hydrogens is 297 g/mol. The Morgan fingerprint density at radius 3 is 1.70 bits per heavy atom. The highest BCUT2D eigenvalue weighted by Gasteiger charge is 2.36. The van der Waals surface area contributed by atoms with E-state index in [1.54, 1.807) is 36.4 Å². The van der Waals surface area contributed by atoms with E-state index in [2.05, 4.69) is 6.92 Å². The van der Waals surface area contributed by atoms with Crippen LogP contribution in [0.25, 0.3) is 22.3 Å². The summed E-state index contributed by atoms with van der Waals surface area (Å²) < 4.78 is 41.0. The summed E-state index contributed by atoms with van der Waals surface area (Å²) in [5, 5.41) is 0. The maximum Gasteiger partial charge on any atom is 0.417 e. The van der Waals surface area contributed by atoms with E-state index in [-0.39, 0.29) is 11.1 Å². The minimum absolute atomic E-state index is 0.0176. The highest BCUT2D eigenvalue weighted by atomic mass is 19.4. The quantitative estimate of drug-likeness (QED) is 0.527. The maximum absolute atomic E-state index is 13.7. The van der Waals surface area contributed by atoms with E-state index in [4.69, 9.17) is 0 Å². The molecule has 0 aliphatic heterocycles. The highest BCUT2D eigenvalue weighted by Crippen LogP contribution is 2.44. The molecule has 3 rings (SSSR count). The molecule has 115 valence electrons.